The van der Waals surface area contributed by atoms with Crippen molar-refractivity contribution >= 4 is 11.7 Å². The van der Waals surface area contributed by atoms with Gasteiger partial charge in [0.25, 0.3) is 0 Å². The number of hydrogen-bond donors (Lipinski definition) is 2. The molecule has 1 unspecified atom stereocenters. The van der Waals surface area contributed by atoms with Gasteiger partial charge in [0.05, 0.1) is 12.2 Å². The predicted octanol–water partition coefficient (Wildman–Crippen LogP) is 1.96. The van der Waals surface area contributed by atoms with Crippen LogP contribution in [-0.2, 0) is 9.53 Å². The van der Waals surface area contributed by atoms with Crippen LogP contribution in [0.25, 0.3) is 0 Å². The Morgan fingerprint density at radius 1 is 1.30 bits per heavy atom. The first-order chi connectivity index (χ1) is 14.5. The molecule has 1 aromatic rings. The van der Waals surface area contributed by atoms with Crippen molar-refractivity contribution in [3.05, 3.63) is 48.2 Å². The van der Waals surface area contributed by atoms with Crippen molar-refractivity contribution in [1.82, 2.24) is 15.1 Å². The van der Waals surface area contributed by atoms with Crippen molar-refractivity contribution < 1.29 is 14.6 Å². The summed E-state index contributed by atoms with van der Waals surface area (Å²) in [5.74, 6) is 1.20. The maximum Gasteiger partial charge on any atom is 0.223 e. The first-order valence-corrected chi connectivity index (χ1v) is 10.7. The topological polar surface area (TPSA) is 77.4 Å². The minimum Gasteiger partial charge on any atom is -0.388 e. The Morgan fingerprint density at radius 3 is 2.67 bits per heavy atom. The molecule has 1 saturated heterocycles. The maximum absolute atomic E-state index is 12.7. The lowest BCUT2D eigenvalue weighted by Crippen LogP contribution is -2.51. The average Bonchev–Trinajstić information content (AvgIpc) is 2.76. The molecular formula is C23H34N4O3. The molecule has 2 heterocycles. The highest BCUT2D eigenvalue weighted by atomic mass is 16.5. The molecule has 2 aliphatic rings. The lowest BCUT2D eigenvalue weighted by Gasteiger charge is -2.41. The third kappa shape index (κ3) is 6.31. The Kier molecular flexibility index (Phi) is 7.87. The number of amidine groups is 1. The number of aliphatic imine (C=N–C) groups is 1. The number of amides is 1. The highest BCUT2D eigenvalue weighted by Gasteiger charge is 2.35. The Hall–Kier alpha value is -2.38. The number of likely N-dealkylation sites (tertiary alicyclic amines) is 1. The number of nitrogens with zero attached hydrogens (tertiary/aromatic N) is 3. The molecule has 0 radical (unpaired) electrons. The number of ether oxygens (including phenoxy) is 1. The van der Waals surface area contributed by atoms with Crippen molar-refractivity contribution in [3.63, 3.8) is 0 Å². The zero-order valence-corrected chi connectivity index (χ0v) is 18.1. The van der Waals surface area contributed by atoms with Crippen molar-refractivity contribution in [1.29, 1.82) is 0 Å². The summed E-state index contributed by atoms with van der Waals surface area (Å²) >= 11 is 0. The van der Waals surface area contributed by atoms with Gasteiger partial charge < -0.3 is 25.0 Å². The van der Waals surface area contributed by atoms with Crippen molar-refractivity contribution in [2.24, 2.45) is 4.99 Å². The molecule has 0 spiro atoms. The van der Waals surface area contributed by atoms with Crippen LogP contribution in [-0.4, -0.2) is 78.8 Å². The van der Waals surface area contributed by atoms with E-state index in [-0.39, 0.29) is 11.8 Å². The number of nitrogens with one attached hydrogen (secondary N) is 1. The number of carbonyl (C=O) groups excluding carboxylic acids is 1. The molecule has 0 saturated carbocycles. The van der Waals surface area contributed by atoms with Gasteiger partial charge in [-0.05, 0) is 30.4 Å². The van der Waals surface area contributed by atoms with Gasteiger partial charge in [0.15, 0.2) is 0 Å². The zero-order chi connectivity index (χ0) is 21.4. The molecule has 0 aromatic heterocycles. The van der Waals surface area contributed by atoms with E-state index in [1.807, 2.05) is 40.3 Å². The summed E-state index contributed by atoms with van der Waals surface area (Å²) in [7, 11) is 1.67. The minimum atomic E-state index is -0.789. The lowest BCUT2D eigenvalue weighted by molar-refractivity contribution is -0.136. The summed E-state index contributed by atoms with van der Waals surface area (Å²) in [5, 5.41) is 14.2. The van der Waals surface area contributed by atoms with Gasteiger partial charge in [-0.1, -0.05) is 37.3 Å². The largest absolute Gasteiger partial charge is 0.388 e. The van der Waals surface area contributed by atoms with E-state index in [1.165, 1.54) is 5.56 Å². The predicted molar refractivity (Wildman–Crippen MR) is 118 cm³/mol. The van der Waals surface area contributed by atoms with Crippen LogP contribution in [0, 0.1) is 0 Å². The van der Waals surface area contributed by atoms with Crippen LogP contribution in [0.4, 0.5) is 0 Å². The number of hydrogen-bond acceptors (Lipinski definition) is 6. The second kappa shape index (κ2) is 10.6. The molecule has 1 fully saturated rings. The summed E-state index contributed by atoms with van der Waals surface area (Å²) in [5.41, 5.74) is 0.399. The smallest absolute Gasteiger partial charge is 0.223 e. The van der Waals surface area contributed by atoms with E-state index in [0.29, 0.717) is 52.2 Å². The van der Waals surface area contributed by atoms with Crippen LogP contribution < -0.4 is 5.32 Å². The van der Waals surface area contributed by atoms with Gasteiger partial charge in [0.2, 0.25) is 5.91 Å². The van der Waals surface area contributed by atoms with E-state index in [4.69, 9.17) is 4.74 Å². The Bertz CT molecular complexity index is 742. The Morgan fingerprint density at radius 2 is 2.03 bits per heavy atom. The van der Waals surface area contributed by atoms with Crippen LogP contribution in [0.1, 0.15) is 37.7 Å². The molecule has 2 aliphatic heterocycles. The monoisotopic (exact) mass is 414 g/mol. The second-order valence-corrected chi connectivity index (χ2v) is 8.29. The highest BCUT2D eigenvalue weighted by Crippen LogP contribution is 2.26. The zero-order valence-electron chi connectivity index (χ0n) is 18.1. The molecular weight excluding hydrogens is 380 g/mol. The second-order valence-electron chi connectivity index (χ2n) is 8.29. The summed E-state index contributed by atoms with van der Waals surface area (Å²) < 4.78 is 5.02. The third-order valence-corrected chi connectivity index (χ3v) is 5.87. The summed E-state index contributed by atoms with van der Waals surface area (Å²) in [6, 6.07) is 10.1. The molecule has 30 heavy (non-hydrogen) atoms. The fraction of sp³-hybridized carbons (Fsp3) is 0.565. The van der Waals surface area contributed by atoms with Crippen LogP contribution in [0.3, 0.4) is 0 Å². The lowest BCUT2D eigenvalue weighted by atomic mass is 9.90. The van der Waals surface area contributed by atoms with Crippen LogP contribution >= 0.6 is 0 Å². The fourth-order valence-corrected chi connectivity index (χ4v) is 3.94. The summed E-state index contributed by atoms with van der Waals surface area (Å²) in [6.07, 6.45) is 5.58. The maximum atomic E-state index is 12.7. The molecule has 1 amide bonds. The third-order valence-electron chi connectivity index (χ3n) is 5.87. The van der Waals surface area contributed by atoms with E-state index in [0.717, 1.165) is 12.4 Å². The van der Waals surface area contributed by atoms with E-state index in [9.17, 15) is 9.90 Å². The summed E-state index contributed by atoms with van der Waals surface area (Å²) in [6.45, 7) is 5.69. The number of aliphatic hydroxyl groups is 1. The number of methoxy groups -OCH3 is 1. The van der Waals surface area contributed by atoms with Crippen molar-refractivity contribution in [2.45, 2.75) is 37.7 Å². The van der Waals surface area contributed by atoms with Crippen LogP contribution in [0.5, 0.6) is 0 Å². The summed E-state index contributed by atoms with van der Waals surface area (Å²) in [4.78, 5) is 21.1. The molecule has 7 heteroatoms. The fourth-order valence-electron chi connectivity index (χ4n) is 3.94. The average molecular weight is 415 g/mol. The normalized spacial score (nSPS) is 19.4. The van der Waals surface area contributed by atoms with Gasteiger partial charge in [0, 0.05) is 45.9 Å². The molecule has 1 aromatic carbocycles. The van der Waals surface area contributed by atoms with Gasteiger partial charge in [0.1, 0.15) is 12.5 Å². The van der Waals surface area contributed by atoms with Crippen LogP contribution in [0.2, 0.25) is 0 Å². The highest BCUT2D eigenvalue weighted by molar-refractivity contribution is 5.93. The van der Waals surface area contributed by atoms with Crippen molar-refractivity contribution in [2.75, 3.05) is 46.6 Å². The molecule has 7 nitrogen and oxygen atoms in total. The van der Waals surface area contributed by atoms with Gasteiger partial charge >= 0.3 is 0 Å². The van der Waals surface area contributed by atoms with Gasteiger partial charge in [-0.15, -0.1) is 0 Å². The SMILES string of the molecule is COCCNC1=NCN(CC2(O)CCN(C(=O)CC(C)c3ccccc3)CC2)C=C1. The van der Waals surface area contributed by atoms with Crippen molar-refractivity contribution in [3.8, 4) is 0 Å². The standard InChI is InChI=1S/C23H34N4O3/c1-19(20-6-4-3-5-7-20)16-22(28)27-13-9-23(29,10-14-27)17-26-12-8-21(25-18-26)24-11-15-30-2/h3-8,12,19,29H,9-11,13-18H2,1-2H3,(H,24,25). The molecule has 3 rings (SSSR count). The number of carbonyl (C=O) groups is 1. The number of piperidine rings is 1. The quantitative estimate of drug-likeness (QED) is 0.636. The first-order valence-electron chi connectivity index (χ1n) is 10.7. The van der Waals surface area contributed by atoms with Gasteiger partial charge in [-0.25, -0.2) is 4.99 Å². The van der Waals surface area contributed by atoms with E-state index < -0.39 is 5.60 Å². The number of β-amino-alcohol motifs (C(OH)–C–C–N with tert-alkyl or cyclic N) is 1. The Labute approximate surface area is 179 Å². The molecule has 0 aliphatic carbocycles. The van der Waals surface area contributed by atoms with E-state index in [2.05, 4.69) is 29.4 Å². The minimum absolute atomic E-state index is 0.169. The Balaban J connectivity index is 1.42. The van der Waals surface area contributed by atoms with Gasteiger partial charge in [-0.3, -0.25) is 4.79 Å². The van der Waals surface area contributed by atoms with Gasteiger partial charge in [-0.2, -0.15) is 0 Å². The van der Waals surface area contributed by atoms with E-state index >= 15 is 0 Å². The molecule has 2 N–H and O–H groups in total. The molecule has 0 bridgehead atoms. The molecule has 164 valence electrons. The number of benzene rings is 1. The van der Waals surface area contributed by atoms with E-state index in [1.54, 1.807) is 7.11 Å². The first kappa shape index (κ1) is 22.3. The number of rotatable bonds is 8. The molecule has 1 atom stereocenters. The van der Waals surface area contributed by atoms with Crippen LogP contribution in [0.15, 0.2) is 47.6 Å².